The summed E-state index contributed by atoms with van der Waals surface area (Å²) in [6.07, 6.45) is 5.25. The molecule has 4 heterocycles. The van der Waals surface area contributed by atoms with Crippen molar-refractivity contribution in [2.75, 3.05) is 5.73 Å². The normalized spacial score (nSPS) is 11.1. The molecule has 0 atom stereocenters. The first-order chi connectivity index (χ1) is 15.9. The molecule has 0 radical (unpaired) electrons. The maximum Gasteiger partial charge on any atom is 0.335 e. The van der Waals surface area contributed by atoms with Crippen molar-refractivity contribution < 1.29 is 9.90 Å². The predicted molar refractivity (Wildman–Crippen MR) is 129 cm³/mol. The van der Waals surface area contributed by atoms with Crippen molar-refractivity contribution in [2.24, 2.45) is 0 Å². The van der Waals surface area contributed by atoms with Crippen molar-refractivity contribution in [3.05, 3.63) is 78.4 Å². The van der Waals surface area contributed by atoms with Gasteiger partial charge in [-0.1, -0.05) is 18.2 Å². The van der Waals surface area contributed by atoms with Gasteiger partial charge in [-0.05, 0) is 48.3 Å². The number of aryl methyl sites for hydroxylation is 1. The Morgan fingerprint density at radius 2 is 1.79 bits per heavy atom. The number of benzene rings is 1. The molecule has 5 rings (SSSR count). The summed E-state index contributed by atoms with van der Waals surface area (Å²) < 4.78 is 1.62. The molecule has 0 saturated carbocycles. The summed E-state index contributed by atoms with van der Waals surface area (Å²) in [7, 11) is 1.87. The maximum absolute atomic E-state index is 11.2. The Kier molecular flexibility index (Phi) is 4.86. The highest BCUT2D eigenvalue weighted by Gasteiger charge is 2.18. The van der Waals surface area contributed by atoms with Gasteiger partial charge in [-0.2, -0.15) is 9.61 Å². The van der Waals surface area contributed by atoms with Crippen LogP contribution in [0.2, 0.25) is 0 Å². The number of aromatic carboxylic acids is 1. The van der Waals surface area contributed by atoms with Crippen molar-refractivity contribution in [1.82, 2.24) is 24.6 Å². The molecule has 33 heavy (non-hydrogen) atoms. The van der Waals surface area contributed by atoms with Crippen LogP contribution in [0, 0.1) is 6.92 Å². The van der Waals surface area contributed by atoms with E-state index < -0.39 is 5.97 Å². The zero-order valence-electron chi connectivity index (χ0n) is 18.0. The maximum atomic E-state index is 11.2. The van der Waals surface area contributed by atoms with Gasteiger partial charge in [0.2, 0.25) is 0 Å². The number of carboxylic acids is 1. The Balaban J connectivity index is 1.64. The van der Waals surface area contributed by atoms with Crippen LogP contribution in [0.3, 0.4) is 0 Å². The highest BCUT2D eigenvalue weighted by Crippen LogP contribution is 2.30. The van der Waals surface area contributed by atoms with Gasteiger partial charge in [0.05, 0.1) is 23.1 Å². The van der Waals surface area contributed by atoms with E-state index in [1.807, 2.05) is 39.0 Å². The van der Waals surface area contributed by atoms with Gasteiger partial charge >= 0.3 is 5.97 Å². The molecule has 160 valence electrons. The van der Waals surface area contributed by atoms with E-state index in [1.54, 1.807) is 47.4 Å². The SMILES string of the molecule is Bc1c(-c2ccc(C(=O)O)cc2)nc2c(-c3ccc(-c4cccnc4)nc3C)cnn2c1N. The minimum Gasteiger partial charge on any atom is -0.478 e. The van der Waals surface area contributed by atoms with E-state index in [1.165, 1.54) is 0 Å². The Labute approximate surface area is 190 Å². The number of hydrogen-bond donors (Lipinski definition) is 2. The lowest BCUT2D eigenvalue weighted by Gasteiger charge is -2.12. The topological polar surface area (TPSA) is 119 Å². The molecule has 8 nitrogen and oxygen atoms in total. The summed E-state index contributed by atoms with van der Waals surface area (Å²) in [6, 6.07) is 14.4. The Bertz CT molecular complexity index is 1510. The number of carbonyl (C=O) groups is 1. The van der Waals surface area contributed by atoms with Gasteiger partial charge in [-0.25, -0.2) is 9.78 Å². The first-order valence-corrected chi connectivity index (χ1v) is 10.3. The quantitative estimate of drug-likeness (QED) is 0.417. The molecular weight excluding hydrogens is 415 g/mol. The number of hydrogen-bond acceptors (Lipinski definition) is 6. The van der Waals surface area contributed by atoms with E-state index in [-0.39, 0.29) is 5.56 Å². The number of pyridine rings is 2. The summed E-state index contributed by atoms with van der Waals surface area (Å²) in [5, 5.41) is 13.6. The summed E-state index contributed by atoms with van der Waals surface area (Å²) >= 11 is 0. The van der Waals surface area contributed by atoms with Crippen LogP contribution in [0.4, 0.5) is 5.82 Å². The van der Waals surface area contributed by atoms with Crippen LogP contribution in [0.5, 0.6) is 0 Å². The molecule has 0 fully saturated rings. The minimum absolute atomic E-state index is 0.214. The monoisotopic (exact) mass is 434 g/mol. The standard InChI is InChI=1S/C24H19BN6O2/c1-13-17(8-9-19(29-13)16-3-2-10-27-11-16)18-12-28-31-22(26)20(25)21(30-23(18)31)14-4-6-15(7-5-14)24(32)33/h2-12H,25-26H2,1H3,(H,32,33). The molecule has 9 heteroatoms. The Morgan fingerprint density at radius 3 is 2.45 bits per heavy atom. The summed E-state index contributed by atoms with van der Waals surface area (Å²) in [4.78, 5) is 25.0. The number of fused-ring (bicyclic) bond motifs is 1. The second-order valence-corrected chi connectivity index (χ2v) is 7.72. The molecule has 3 N–H and O–H groups in total. The highest BCUT2D eigenvalue weighted by molar-refractivity contribution is 6.38. The smallest absolute Gasteiger partial charge is 0.335 e. The van der Waals surface area contributed by atoms with E-state index in [0.29, 0.717) is 17.2 Å². The van der Waals surface area contributed by atoms with Crippen molar-refractivity contribution in [3.8, 4) is 33.6 Å². The summed E-state index contributed by atoms with van der Waals surface area (Å²) in [5.74, 6) is -0.502. The second-order valence-electron chi connectivity index (χ2n) is 7.72. The first-order valence-electron chi connectivity index (χ1n) is 10.3. The molecule has 5 aromatic rings. The second kappa shape index (κ2) is 7.87. The zero-order chi connectivity index (χ0) is 23.1. The van der Waals surface area contributed by atoms with Crippen molar-refractivity contribution in [1.29, 1.82) is 0 Å². The average Bonchev–Trinajstić information content (AvgIpc) is 3.26. The number of anilines is 1. The lowest BCUT2D eigenvalue weighted by atomic mass is 9.90. The predicted octanol–water partition coefficient (Wildman–Crippen LogP) is 2.37. The molecule has 0 bridgehead atoms. The fourth-order valence-corrected chi connectivity index (χ4v) is 3.86. The van der Waals surface area contributed by atoms with Gasteiger partial charge in [0.1, 0.15) is 13.7 Å². The van der Waals surface area contributed by atoms with Crippen molar-refractivity contribution in [2.45, 2.75) is 6.92 Å². The zero-order valence-corrected chi connectivity index (χ0v) is 18.0. The fourth-order valence-electron chi connectivity index (χ4n) is 3.86. The van der Waals surface area contributed by atoms with Gasteiger partial charge in [-0.15, -0.1) is 0 Å². The van der Waals surface area contributed by atoms with Gasteiger partial charge in [0.25, 0.3) is 0 Å². The van der Waals surface area contributed by atoms with Crippen LogP contribution in [0.1, 0.15) is 16.1 Å². The van der Waals surface area contributed by atoms with E-state index in [0.717, 1.165) is 39.1 Å². The third-order valence-electron chi connectivity index (χ3n) is 5.67. The van der Waals surface area contributed by atoms with Gasteiger partial charge in [-0.3, -0.25) is 9.97 Å². The molecule has 0 aliphatic rings. The third-order valence-corrected chi connectivity index (χ3v) is 5.67. The number of nitrogens with zero attached hydrogens (tertiary/aromatic N) is 5. The summed E-state index contributed by atoms with van der Waals surface area (Å²) in [6.45, 7) is 1.95. The molecule has 0 amide bonds. The van der Waals surface area contributed by atoms with Gasteiger partial charge in [0, 0.05) is 34.8 Å². The van der Waals surface area contributed by atoms with E-state index in [2.05, 4.69) is 10.1 Å². The lowest BCUT2D eigenvalue weighted by Crippen LogP contribution is -2.20. The highest BCUT2D eigenvalue weighted by atomic mass is 16.4. The van der Waals surface area contributed by atoms with E-state index >= 15 is 0 Å². The van der Waals surface area contributed by atoms with Crippen LogP contribution in [-0.2, 0) is 0 Å². The molecule has 4 aromatic heterocycles. The first kappa shape index (κ1) is 20.4. The fraction of sp³-hybridized carbons (Fsp3) is 0.0417. The molecule has 1 aromatic carbocycles. The number of nitrogen functional groups attached to an aromatic ring is 1. The number of rotatable bonds is 4. The van der Waals surface area contributed by atoms with Crippen LogP contribution in [0.15, 0.2) is 67.1 Å². The van der Waals surface area contributed by atoms with Crippen molar-refractivity contribution in [3.63, 3.8) is 0 Å². The van der Waals surface area contributed by atoms with Gasteiger partial charge < -0.3 is 10.8 Å². The molecular formula is C24H19BN6O2. The molecule has 0 aliphatic carbocycles. The molecule has 0 spiro atoms. The molecule has 0 unspecified atom stereocenters. The van der Waals surface area contributed by atoms with Gasteiger partial charge in [0.15, 0.2) is 5.65 Å². The van der Waals surface area contributed by atoms with Crippen LogP contribution in [0.25, 0.3) is 39.3 Å². The average molecular weight is 434 g/mol. The lowest BCUT2D eigenvalue weighted by molar-refractivity contribution is 0.0697. The van der Waals surface area contributed by atoms with E-state index in [4.69, 9.17) is 15.7 Å². The Morgan fingerprint density at radius 1 is 1.00 bits per heavy atom. The van der Waals surface area contributed by atoms with Crippen LogP contribution >= 0.6 is 0 Å². The van der Waals surface area contributed by atoms with E-state index in [9.17, 15) is 9.90 Å². The largest absolute Gasteiger partial charge is 0.478 e. The number of aromatic nitrogens is 5. The minimum atomic E-state index is -0.975. The van der Waals surface area contributed by atoms with Crippen LogP contribution < -0.4 is 11.2 Å². The van der Waals surface area contributed by atoms with Crippen LogP contribution in [-0.4, -0.2) is 43.5 Å². The van der Waals surface area contributed by atoms with Crippen molar-refractivity contribution >= 4 is 30.7 Å². The molecule has 0 aliphatic heterocycles. The number of nitrogens with two attached hydrogens (primary N) is 1. The third kappa shape index (κ3) is 3.49. The number of carboxylic acid groups (broad SMARTS) is 1. The molecule has 0 saturated heterocycles. The Hall–Kier alpha value is -4.53. The summed E-state index contributed by atoms with van der Waals surface area (Å²) in [5.41, 5.74) is 13.8.